The molecule has 0 aromatic heterocycles. The van der Waals surface area contributed by atoms with Gasteiger partial charge in [-0.2, -0.15) is 5.26 Å². The molecule has 0 saturated heterocycles. The highest BCUT2D eigenvalue weighted by Crippen LogP contribution is 2.20. The number of nitrogens with one attached hydrogen (secondary N) is 1. The number of nitrogens with zero attached hydrogens (tertiary/aromatic N) is 1. The Balaban J connectivity index is 2.16. The average Bonchev–Trinajstić information content (AvgIpc) is 2.40. The second kappa shape index (κ2) is 5.04. The number of hydrogen-bond donors (Lipinski definition) is 1. The van der Waals surface area contributed by atoms with Crippen LogP contribution in [-0.2, 0) is 0 Å². The van der Waals surface area contributed by atoms with Gasteiger partial charge in [0, 0.05) is 11.4 Å². The van der Waals surface area contributed by atoms with Gasteiger partial charge in [-0.15, -0.1) is 0 Å². The largest absolute Gasteiger partial charge is 0.497 e. The fraction of sp³-hybridized carbons (Fsp3) is 0.0714. The molecule has 2 aromatic rings. The molecular formula is C14H12N2O. The first-order valence-corrected chi connectivity index (χ1v) is 5.23. The van der Waals surface area contributed by atoms with E-state index in [-0.39, 0.29) is 0 Å². The van der Waals surface area contributed by atoms with Crippen LogP contribution in [-0.4, -0.2) is 7.11 Å². The first-order valence-electron chi connectivity index (χ1n) is 5.23. The van der Waals surface area contributed by atoms with Gasteiger partial charge in [0.25, 0.3) is 0 Å². The van der Waals surface area contributed by atoms with E-state index in [2.05, 4.69) is 11.4 Å². The molecule has 0 heterocycles. The molecule has 0 amide bonds. The average molecular weight is 224 g/mol. The lowest BCUT2D eigenvalue weighted by Crippen LogP contribution is -1.91. The van der Waals surface area contributed by atoms with Crippen LogP contribution in [0.15, 0.2) is 48.5 Å². The lowest BCUT2D eigenvalue weighted by atomic mass is 10.2. The summed E-state index contributed by atoms with van der Waals surface area (Å²) in [5, 5.41) is 12.0. The van der Waals surface area contributed by atoms with Crippen LogP contribution in [0.1, 0.15) is 5.56 Å². The van der Waals surface area contributed by atoms with Gasteiger partial charge >= 0.3 is 0 Å². The molecule has 3 heteroatoms. The molecule has 0 saturated carbocycles. The van der Waals surface area contributed by atoms with Gasteiger partial charge in [0.05, 0.1) is 18.7 Å². The number of nitriles is 1. The fourth-order valence-corrected chi connectivity index (χ4v) is 1.51. The van der Waals surface area contributed by atoms with E-state index in [1.54, 1.807) is 13.2 Å². The summed E-state index contributed by atoms with van der Waals surface area (Å²) >= 11 is 0. The van der Waals surface area contributed by atoms with Crippen molar-refractivity contribution in [2.75, 3.05) is 12.4 Å². The van der Waals surface area contributed by atoms with Gasteiger partial charge in [-0.25, -0.2) is 0 Å². The Labute approximate surface area is 100 Å². The van der Waals surface area contributed by atoms with Crippen LogP contribution in [0.4, 0.5) is 11.4 Å². The van der Waals surface area contributed by atoms with Crippen LogP contribution in [0, 0.1) is 11.3 Å². The van der Waals surface area contributed by atoms with Crippen molar-refractivity contribution in [1.82, 2.24) is 0 Å². The summed E-state index contributed by atoms with van der Waals surface area (Å²) in [4.78, 5) is 0. The van der Waals surface area contributed by atoms with Crippen molar-refractivity contribution in [3.8, 4) is 11.8 Å². The Morgan fingerprint density at radius 3 is 2.47 bits per heavy atom. The van der Waals surface area contributed by atoms with Crippen molar-refractivity contribution in [1.29, 1.82) is 5.26 Å². The predicted octanol–water partition coefficient (Wildman–Crippen LogP) is 3.31. The zero-order chi connectivity index (χ0) is 12.1. The summed E-state index contributed by atoms with van der Waals surface area (Å²) in [5.41, 5.74) is 2.50. The van der Waals surface area contributed by atoms with Gasteiger partial charge in [-0.1, -0.05) is 6.07 Å². The van der Waals surface area contributed by atoms with Gasteiger partial charge < -0.3 is 10.1 Å². The molecule has 1 N–H and O–H groups in total. The van der Waals surface area contributed by atoms with Crippen molar-refractivity contribution in [3.63, 3.8) is 0 Å². The molecule has 0 spiro atoms. The smallest absolute Gasteiger partial charge is 0.119 e. The Hall–Kier alpha value is -2.47. The van der Waals surface area contributed by atoms with E-state index in [0.717, 1.165) is 17.1 Å². The minimum absolute atomic E-state index is 0.642. The summed E-state index contributed by atoms with van der Waals surface area (Å²) in [7, 11) is 1.64. The third-order valence-electron chi connectivity index (χ3n) is 2.37. The summed E-state index contributed by atoms with van der Waals surface area (Å²) in [5.74, 6) is 0.821. The highest BCUT2D eigenvalue weighted by atomic mass is 16.5. The van der Waals surface area contributed by atoms with Crippen molar-refractivity contribution in [2.24, 2.45) is 0 Å². The zero-order valence-corrected chi connectivity index (χ0v) is 9.47. The molecule has 3 nitrogen and oxygen atoms in total. The van der Waals surface area contributed by atoms with Crippen LogP contribution in [0.3, 0.4) is 0 Å². The van der Waals surface area contributed by atoms with E-state index < -0.39 is 0 Å². The molecule has 0 radical (unpaired) electrons. The molecule has 0 aliphatic rings. The van der Waals surface area contributed by atoms with Crippen LogP contribution in [0.2, 0.25) is 0 Å². The Morgan fingerprint density at radius 1 is 1.06 bits per heavy atom. The molecule has 84 valence electrons. The summed E-state index contributed by atoms with van der Waals surface area (Å²) in [6.45, 7) is 0. The highest BCUT2D eigenvalue weighted by Gasteiger charge is 1.97. The maximum absolute atomic E-state index is 8.80. The maximum atomic E-state index is 8.80. The predicted molar refractivity (Wildman–Crippen MR) is 67.4 cm³/mol. The fourth-order valence-electron chi connectivity index (χ4n) is 1.51. The normalized spacial score (nSPS) is 9.41. The quantitative estimate of drug-likeness (QED) is 0.869. The third kappa shape index (κ3) is 2.76. The lowest BCUT2D eigenvalue weighted by Gasteiger charge is -2.07. The Kier molecular flexibility index (Phi) is 3.27. The van der Waals surface area contributed by atoms with Crippen molar-refractivity contribution in [2.45, 2.75) is 0 Å². The molecule has 0 atom stereocenters. The second-order valence-electron chi connectivity index (χ2n) is 3.55. The number of rotatable bonds is 3. The first kappa shape index (κ1) is 11.0. The van der Waals surface area contributed by atoms with Crippen molar-refractivity contribution < 1.29 is 4.74 Å². The molecule has 2 rings (SSSR count). The number of ether oxygens (including phenoxy) is 1. The van der Waals surface area contributed by atoms with Crippen LogP contribution in [0.25, 0.3) is 0 Å². The summed E-state index contributed by atoms with van der Waals surface area (Å²) < 4.78 is 5.09. The van der Waals surface area contributed by atoms with Crippen LogP contribution in [0.5, 0.6) is 5.75 Å². The summed E-state index contributed by atoms with van der Waals surface area (Å²) in [6.07, 6.45) is 0. The lowest BCUT2D eigenvalue weighted by molar-refractivity contribution is 0.415. The van der Waals surface area contributed by atoms with Gasteiger partial charge in [0.2, 0.25) is 0 Å². The first-order chi connectivity index (χ1) is 8.31. The second-order valence-corrected chi connectivity index (χ2v) is 3.55. The zero-order valence-electron chi connectivity index (χ0n) is 9.47. The van der Waals surface area contributed by atoms with E-state index in [0.29, 0.717) is 5.56 Å². The van der Waals surface area contributed by atoms with Crippen molar-refractivity contribution >= 4 is 11.4 Å². The third-order valence-corrected chi connectivity index (χ3v) is 2.37. The molecule has 0 unspecified atom stereocenters. The Morgan fingerprint density at radius 2 is 1.82 bits per heavy atom. The minimum atomic E-state index is 0.642. The molecule has 0 aliphatic carbocycles. The number of hydrogen-bond acceptors (Lipinski definition) is 3. The van der Waals surface area contributed by atoms with E-state index in [9.17, 15) is 0 Å². The summed E-state index contributed by atoms with van der Waals surface area (Å²) in [6, 6.07) is 17.1. The molecule has 17 heavy (non-hydrogen) atoms. The maximum Gasteiger partial charge on any atom is 0.119 e. The van der Waals surface area contributed by atoms with Gasteiger partial charge in [0.1, 0.15) is 5.75 Å². The standard InChI is InChI=1S/C14H12N2O/c1-17-14-7-5-12(6-8-14)16-13-4-2-3-11(9-13)10-15/h2-9,16H,1H3. The Bertz CT molecular complexity index is 541. The number of benzene rings is 2. The van der Waals surface area contributed by atoms with E-state index in [1.807, 2.05) is 42.5 Å². The molecule has 2 aromatic carbocycles. The molecule has 0 aliphatic heterocycles. The topological polar surface area (TPSA) is 45.0 Å². The van der Waals surface area contributed by atoms with Crippen LogP contribution >= 0.6 is 0 Å². The number of methoxy groups -OCH3 is 1. The molecule has 0 fully saturated rings. The van der Waals surface area contributed by atoms with Gasteiger partial charge in [-0.05, 0) is 42.5 Å². The molecular weight excluding hydrogens is 212 g/mol. The van der Waals surface area contributed by atoms with E-state index in [1.165, 1.54) is 0 Å². The van der Waals surface area contributed by atoms with Crippen LogP contribution < -0.4 is 10.1 Å². The van der Waals surface area contributed by atoms with Gasteiger partial charge in [0.15, 0.2) is 0 Å². The van der Waals surface area contributed by atoms with Gasteiger partial charge in [-0.3, -0.25) is 0 Å². The minimum Gasteiger partial charge on any atom is -0.497 e. The highest BCUT2D eigenvalue weighted by molar-refractivity contribution is 5.61. The van der Waals surface area contributed by atoms with E-state index in [4.69, 9.17) is 10.00 Å². The van der Waals surface area contributed by atoms with Crippen molar-refractivity contribution in [3.05, 3.63) is 54.1 Å². The SMILES string of the molecule is COc1ccc(Nc2cccc(C#N)c2)cc1. The molecule has 0 bridgehead atoms. The number of anilines is 2. The monoisotopic (exact) mass is 224 g/mol. The van der Waals surface area contributed by atoms with E-state index >= 15 is 0 Å².